The molecule has 0 radical (unpaired) electrons. The van der Waals surface area contributed by atoms with Crippen LogP contribution in [0.25, 0.3) is 22.5 Å². The maximum atomic E-state index is 4.60. The fraction of sp³-hybridized carbons (Fsp3) is 0.238. The van der Waals surface area contributed by atoms with Crippen LogP contribution in [0, 0.1) is 13.8 Å². The summed E-state index contributed by atoms with van der Waals surface area (Å²) < 4.78 is 0. The Morgan fingerprint density at radius 1 is 0.739 bits per heavy atom. The number of rotatable bonds is 3. The normalized spacial score (nSPS) is 11.0. The minimum Gasteiger partial charge on any atom is -0.236 e. The van der Waals surface area contributed by atoms with Gasteiger partial charge in [-0.2, -0.15) is 0 Å². The fourth-order valence-corrected chi connectivity index (χ4v) is 3.05. The third-order valence-corrected chi connectivity index (χ3v) is 4.32. The van der Waals surface area contributed by atoms with Crippen molar-refractivity contribution in [1.29, 1.82) is 0 Å². The molecule has 0 bridgehead atoms. The first-order valence-corrected chi connectivity index (χ1v) is 8.06. The molecule has 0 atom stereocenters. The van der Waals surface area contributed by atoms with E-state index >= 15 is 0 Å². The maximum absolute atomic E-state index is 4.60. The molecule has 1 aromatic heterocycles. The van der Waals surface area contributed by atoms with Gasteiger partial charge in [-0.25, -0.2) is 9.97 Å². The molecule has 2 heteroatoms. The van der Waals surface area contributed by atoms with E-state index in [2.05, 4.69) is 86.2 Å². The minimum absolute atomic E-state index is 0.461. The number of nitrogens with zero attached hydrogens (tertiary/aromatic N) is 2. The summed E-state index contributed by atoms with van der Waals surface area (Å²) in [5.74, 6) is 0.461. The van der Waals surface area contributed by atoms with E-state index in [1.165, 1.54) is 22.3 Å². The van der Waals surface area contributed by atoms with Crippen molar-refractivity contribution in [3.05, 3.63) is 71.5 Å². The molecule has 0 N–H and O–H groups in total. The Balaban J connectivity index is 2.21. The monoisotopic (exact) mass is 302 g/mol. The largest absolute Gasteiger partial charge is 0.236 e. The molecule has 3 aromatic rings. The minimum atomic E-state index is 0.461. The molecule has 0 amide bonds. The van der Waals surface area contributed by atoms with Gasteiger partial charge in [0.1, 0.15) is 6.33 Å². The fourth-order valence-electron chi connectivity index (χ4n) is 3.05. The SMILES string of the molecule is Cc1ccccc1-c1ncnc(-c2ccccc2C(C)C)c1C. The van der Waals surface area contributed by atoms with Crippen LogP contribution >= 0.6 is 0 Å². The van der Waals surface area contributed by atoms with Crippen LogP contribution in [0.5, 0.6) is 0 Å². The van der Waals surface area contributed by atoms with Crippen molar-refractivity contribution in [2.24, 2.45) is 0 Å². The third-order valence-electron chi connectivity index (χ3n) is 4.32. The second-order valence-electron chi connectivity index (χ2n) is 6.25. The zero-order valence-electron chi connectivity index (χ0n) is 14.2. The highest BCUT2D eigenvalue weighted by molar-refractivity contribution is 5.76. The van der Waals surface area contributed by atoms with Crippen molar-refractivity contribution < 1.29 is 0 Å². The second-order valence-corrected chi connectivity index (χ2v) is 6.25. The molecule has 0 saturated carbocycles. The lowest BCUT2D eigenvalue weighted by molar-refractivity contribution is 0.867. The average molecular weight is 302 g/mol. The van der Waals surface area contributed by atoms with Crippen LogP contribution in [0.15, 0.2) is 54.9 Å². The summed E-state index contributed by atoms with van der Waals surface area (Å²) in [4.78, 5) is 9.16. The molecule has 0 aliphatic rings. The van der Waals surface area contributed by atoms with Gasteiger partial charge in [0.2, 0.25) is 0 Å². The number of aryl methyl sites for hydroxylation is 1. The van der Waals surface area contributed by atoms with Gasteiger partial charge in [0.05, 0.1) is 11.4 Å². The molecule has 3 rings (SSSR count). The molecule has 23 heavy (non-hydrogen) atoms. The Labute approximate surface area is 138 Å². The molecule has 1 heterocycles. The molecule has 0 unspecified atom stereocenters. The van der Waals surface area contributed by atoms with Crippen LogP contribution in [0.3, 0.4) is 0 Å². The number of hydrogen-bond donors (Lipinski definition) is 0. The smallest absolute Gasteiger partial charge is 0.116 e. The molecule has 2 nitrogen and oxygen atoms in total. The van der Waals surface area contributed by atoms with Crippen molar-refractivity contribution in [3.8, 4) is 22.5 Å². The number of benzene rings is 2. The van der Waals surface area contributed by atoms with E-state index in [1.54, 1.807) is 6.33 Å². The molecule has 0 aliphatic carbocycles. The van der Waals surface area contributed by atoms with Crippen LogP contribution in [-0.4, -0.2) is 9.97 Å². The van der Waals surface area contributed by atoms with Gasteiger partial charge < -0.3 is 0 Å². The Bertz CT molecular complexity index is 835. The third kappa shape index (κ3) is 2.89. The first-order chi connectivity index (χ1) is 11.1. The molecule has 116 valence electrons. The van der Waals surface area contributed by atoms with Crippen LogP contribution in [0.4, 0.5) is 0 Å². The Kier molecular flexibility index (Phi) is 4.24. The number of hydrogen-bond acceptors (Lipinski definition) is 2. The van der Waals surface area contributed by atoms with Gasteiger partial charge in [0.15, 0.2) is 0 Å². The summed E-state index contributed by atoms with van der Waals surface area (Å²) in [5, 5.41) is 0. The predicted molar refractivity (Wildman–Crippen MR) is 96.5 cm³/mol. The second kappa shape index (κ2) is 6.33. The zero-order chi connectivity index (χ0) is 16.4. The van der Waals surface area contributed by atoms with E-state index < -0.39 is 0 Å². The van der Waals surface area contributed by atoms with E-state index in [4.69, 9.17) is 0 Å². The van der Waals surface area contributed by atoms with Gasteiger partial charge in [-0.15, -0.1) is 0 Å². The summed E-state index contributed by atoms with van der Waals surface area (Å²) in [5.41, 5.74) is 8.12. The average Bonchev–Trinajstić information content (AvgIpc) is 2.56. The predicted octanol–water partition coefficient (Wildman–Crippen LogP) is 5.55. The van der Waals surface area contributed by atoms with Gasteiger partial charge >= 0.3 is 0 Å². The van der Waals surface area contributed by atoms with Gasteiger partial charge in [-0.05, 0) is 30.9 Å². The summed E-state index contributed by atoms with van der Waals surface area (Å²) in [7, 11) is 0. The topological polar surface area (TPSA) is 25.8 Å². The summed E-state index contributed by atoms with van der Waals surface area (Å²) in [6, 6.07) is 16.9. The first-order valence-electron chi connectivity index (χ1n) is 8.06. The van der Waals surface area contributed by atoms with E-state index in [1.807, 2.05) is 0 Å². The Morgan fingerprint density at radius 2 is 1.30 bits per heavy atom. The maximum Gasteiger partial charge on any atom is 0.116 e. The summed E-state index contributed by atoms with van der Waals surface area (Å²) in [6.45, 7) is 8.68. The molecule has 0 fully saturated rings. The van der Waals surface area contributed by atoms with E-state index in [9.17, 15) is 0 Å². The van der Waals surface area contributed by atoms with Gasteiger partial charge in [0.25, 0.3) is 0 Å². The van der Waals surface area contributed by atoms with Gasteiger partial charge in [0, 0.05) is 16.7 Å². The van der Waals surface area contributed by atoms with Gasteiger partial charge in [-0.1, -0.05) is 62.4 Å². The van der Waals surface area contributed by atoms with Crippen molar-refractivity contribution >= 4 is 0 Å². The molecule has 0 spiro atoms. The highest BCUT2D eigenvalue weighted by atomic mass is 14.8. The standard InChI is InChI=1S/C21H22N2/c1-14(2)17-10-7-8-12-19(17)21-16(4)20(22-13-23-21)18-11-6-5-9-15(18)3/h5-14H,1-4H3. The number of aromatic nitrogens is 2. The van der Waals surface area contributed by atoms with Crippen molar-refractivity contribution in [2.45, 2.75) is 33.6 Å². The van der Waals surface area contributed by atoms with Gasteiger partial charge in [-0.3, -0.25) is 0 Å². The lowest BCUT2D eigenvalue weighted by atomic mass is 9.92. The molecule has 2 aromatic carbocycles. The molecular weight excluding hydrogens is 280 g/mol. The highest BCUT2D eigenvalue weighted by Gasteiger charge is 2.15. The van der Waals surface area contributed by atoms with E-state index in [0.29, 0.717) is 5.92 Å². The Morgan fingerprint density at radius 3 is 1.96 bits per heavy atom. The lowest BCUT2D eigenvalue weighted by Gasteiger charge is -2.16. The highest BCUT2D eigenvalue weighted by Crippen LogP contribution is 2.33. The first kappa shape index (κ1) is 15.4. The molecule has 0 saturated heterocycles. The van der Waals surface area contributed by atoms with E-state index in [-0.39, 0.29) is 0 Å². The summed E-state index contributed by atoms with van der Waals surface area (Å²) in [6.07, 6.45) is 1.68. The Hall–Kier alpha value is -2.48. The van der Waals surface area contributed by atoms with E-state index in [0.717, 1.165) is 17.0 Å². The summed E-state index contributed by atoms with van der Waals surface area (Å²) >= 11 is 0. The van der Waals surface area contributed by atoms with Crippen LogP contribution in [0.1, 0.15) is 36.5 Å². The quantitative estimate of drug-likeness (QED) is 0.634. The zero-order valence-corrected chi connectivity index (χ0v) is 14.2. The van der Waals surface area contributed by atoms with Crippen molar-refractivity contribution in [2.75, 3.05) is 0 Å². The van der Waals surface area contributed by atoms with Crippen molar-refractivity contribution in [1.82, 2.24) is 9.97 Å². The van der Waals surface area contributed by atoms with Crippen LogP contribution < -0.4 is 0 Å². The van der Waals surface area contributed by atoms with Crippen molar-refractivity contribution in [3.63, 3.8) is 0 Å². The lowest BCUT2D eigenvalue weighted by Crippen LogP contribution is -2.00. The molecular formula is C21H22N2. The van der Waals surface area contributed by atoms with Crippen LogP contribution in [-0.2, 0) is 0 Å². The molecule has 0 aliphatic heterocycles. The van der Waals surface area contributed by atoms with Crippen LogP contribution in [0.2, 0.25) is 0 Å².